The molecule has 5 aliphatic rings. The lowest BCUT2D eigenvalue weighted by Crippen LogP contribution is -2.61. The SMILES string of the molecule is CC(C)(C)c1cc(N2c3ccc(C(C)(C)C)cc3B3c4oc5cc6c(cc5c4N(c4ccc5c(c4)C(C)(C)CCC5(C)C)c4cc(N(c5ccccc5)c5ccccc5)cc2c43)C2(C)CCC6(C)C2)cc(C(C)(C)C)c1. The Morgan fingerprint density at radius 3 is 1.59 bits per heavy atom. The van der Waals surface area contributed by atoms with Crippen molar-refractivity contribution in [3.05, 3.63) is 178 Å². The Morgan fingerprint density at radius 1 is 0.461 bits per heavy atom. The molecule has 76 heavy (non-hydrogen) atoms. The number of hydrogen-bond donors (Lipinski definition) is 0. The van der Waals surface area contributed by atoms with Crippen molar-refractivity contribution in [3.63, 3.8) is 0 Å². The standard InChI is InChI=1S/C71H78BN3O/c1-65(2,3)44-26-29-58-57(37-44)72-62-59(74(58)50-35-45(66(4,5)6)34-46(36-50)67(7,8)9)39-51(73(47-22-18-16-19-23-47)48-24-20-17-21-25-48)40-60(62)75(49-27-28-53-54(38-49)69(12,13)31-30-68(53,10)11)63-52-41-55-56(42-61(52)76-64(63)72)71(15)33-32-70(55,14)43-71/h16-29,34-42H,30-33,43H2,1-15H3. The third-order valence-corrected chi connectivity index (χ3v) is 19.2. The molecular weight excluding hydrogens is 922 g/mol. The van der Waals surface area contributed by atoms with Gasteiger partial charge in [-0.1, -0.05) is 165 Å². The van der Waals surface area contributed by atoms with Crippen LogP contribution in [-0.4, -0.2) is 6.71 Å². The number of fused-ring (bicyclic) bond motifs is 12. The van der Waals surface area contributed by atoms with Gasteiger partial charge in [-0.3, -0.25) is 0 Å². The number of para-hydroxylation sites is 2. The summed E-state index contributed by atoms with van der Waals surface area (Å²) in [6.07, 6.45) is 5.95. The van der Waals surface area contributed by atoms with Crippen LogP contribution in [0.2, 0.25) is 0 Å². The smallest absolute Gasteiger partial charge is 0.297 e. The minimum absolute atomic E-state index is 0.00516. The molecule has 0 spiro atoms. The van der Waals surface area contributed by atoms with Gasteiger partial charge in [0.1, 0.15) is 5.58 Å². The molecule has 1 aromatic heterocycles. The highest BCUT2D eigenvalue weighted by atomic mass is 16.3. The van der Waals surface area contributed by atoms with Gasteiger partial charge < -0.3 is 19.1 Å². The van der Waals surface area contributed by atoms with E-state index in [0.29, 0.717) is 0 Å². The second-order valence-corrected chi connectivity index (χ2v) is 28.8. The van der Waals surface area contributed by atoms with Crippen LogP contribution in [0.25, 0.3) is 11.0 Å². The maximum atomic E-state index is 7.79. The van der Waals surface area contributed by atoms with Gasteiger partial charge >= 0.3 is 0 Å². The van der Waals surface area contributed by atoms with Crippen molar-refractivity contribution in [1.82, 2.24) is 0 Å². The molecule has 0 radical (unpaired) electrons. The van der Waals surface area contributed by atoms with Crippen molar-refractivity contribution in [3.8, 4) is 0 Å². The van der Waals surface area contributed by atoms with Crippen molar-refractivity contribution in [1.29, 1.82) is 0 Å². The van der Waals surface area contributed by atoms with Gasteiger partial charge in [-0.05, 0) is 199 Å². The molecule has 7 aromatic carbocycles. The van der Waals surface area contributed by atoms with Crippen molar-refractivity contribution in [2.24, 2.45) is 0 Å². The third kappa shape index (κ3) is 7.36. The molecule has 13 rings (SSSR count). The van der Waals surface area contributed by atoms with E-state index in [4.69, 9.17) is 4.42 Å². The Balaban J connectivity index is 1.21. The maximum Gasteiger partial charge on any atom is 0.297 e. The Bertz CT molecular complexity index is 3620. The second kappa shape index (κ2) is 16.1. The van der Waals surface area contributed by atoms with E-state index in [-0.39, 0.29) is 44.6 Å². The van der Waals surface area contributed by atoms with Gasteiger partial charge in [-0.2, -0.15) is 0 Å². The lowest BCUT2D eigenvalue weighted by molar-refractivity contribution is 0.332. The van der Waals surface area contributed by atoms with Crippen LogP contribution in [0.5, 0.6) is 0 Å². The molecule has 0 N–H and O–H groups in total. The van der Waals surface area contributed by atoms with E-state index in [2.05, 4.69) is 258 Å². The molecule has 2 atom stereocenters. The van der Waals surface area contributed by atoms with Crippen LogP contribution in [0.1, 0.15) is 175 Å². The zero-order valence-electron chi connectivity index (χ0n) is 48.1. The highest BCUT2D eigenvalue weighted by Gasteiger charge is 2.54. The molecule has 8 aromatic rings. The van der Waals surface area contributed by atoms with E-state index in [1.807, 2.05) is 0 Å². The normalized spacial score (nSPS) is 20.8. The van der Waals surface area contributed by atoms with Crippen LogP contribution in [0, 0.1) is 0 Å². The minimum atomic E-state index is -0.188. The largest absolute Gasteiger partial charge is 0.468 e. The first kappa shape index (κ1) is 49.1. The average molecular weight is 1000 g/mol. The predicted molar refractivity (Wildman–Crippen MR) is 325 cm³/mol. The van der Waals surface area contributed by atoms with Crippen LogP contribution >= 0.6 is 0 Å². The Kier molecular flexibility index (Phi) is 10.4. The molecule has 0 saturated heterocycles. The van der Waals surface area contributed by atoms with Crippen LogP contribution in [0.3, 0.4) is 0 Å². The summed E-state index contributed by atoms with van der Waals surface area (Å²) in [7, 11) is 0. The first-order chi connectivity index (χ1) is 35.7. The lowest BCUT2D eigenvalue weighted by atomic mass is 9.35. The molecule has 3 aliphatic carbocycles. The summed E-state index contributed by atoms with van der Waals surface area (Å²) in [5.74, 6) is 0. The summed E-state index contributed by atoms with van der Waals surface area (Å²) in [4.78, 5) is 7.77. The van der Waals surface area contributed by atoms with Gasteiger partial charge in [-0.25, -0.2) is 0 Å². The van der Waals surface area contributed by atoms with Gasteiger partial charge in [0.2, 0.25) is 0 Å². The summed E-state index contributed by atoms with van der Waals surface area (Å²) < 4.78 is 7.79. The summed E-state index contributed by atoms with van der Waals surface area (Å²) in [5.41, 5.74) is 25.0. The maximum absolute atomic E-state index is 7.79. The summed E-state index contributed by atoms with van der Waals surface area (Å²) in [6, 6.07) is 54.4. The van der Waals surface area contributed by atoms with Crippen molar-refractivity contribution in [2.45, 2.75) is 174 Å². The zero-order valence-corrected chi connectivity index (χ0v) is 48.1. The molecule has 5 heteroatoms. The molecule has 1 fully saturated rings. The van der Waals surface area contributed by atoms with E-state index in [1.54, 1.807) is 0 Å². The number of anilines is 9. The van der Waals surface area contributed by atoms with E-state index >= 15 is 0 Å². The summed E-state index contributed by atoms with van der Waals surface area (Å²) >= 11 is 0. The predicted octanol–water partition coefficient (Wildman–Crippen LogP) is 17.9. The van der Waals surface area contributed by atoms with E-state index in [9.17, 15) is 0 Å². The Labute approximate surface area is 454 Å². The fourth-order valence-corrected chi connectivity index (χ4v) is 14.6. The molecule has 3 heterocycles. The van der Waals surface area contributed by atoms with Crippen LogP contribution in [0.4, 0.5) is 51.2 Å². The topological polar surface area (TPSA) is 22.9 Å². The fraction of sp³-hybridized carbons (Fsp3) is 0.380. The molecule has 0 amide bonds. The highest BCUT2D eigenvalue weighted by Crippen LogP contribution is 2.62. The third-order valence-electron chi connectivity index (χ3n) is 19.2. The molecular formula is C71H78BN3O. The highest BCUT2D eigenvalue weighted by molar-refractivity contribution is 7.00. The summed E-state index contributed by atoms with van der Waals surface area (Å²) in [6.45, 7) is 35.9. The molecule has 386 valence electrons. The van der Waals surface area contributed by atoms with Crippen molar-refractivity contribution < 1.29 is 4.42 Å². The number of benzene rings is 7. The van der Waals surface area contributed by atoms with Crippen LogP contribution < -0.4 is 31.3 Å². The van der Waals surface area contributed by atoms with E-state index < -0.39 is 0 Å². The monoisotopic (exact) mass is 1000 g/mol. The minimum Gasteiger partial charge on any atom is -0.468 e. The lowest BCUT2D eigenvalue weighted by Gasteiger charge is -2.45. The van der Waals surface area contributed by atoms with Gasteiger partial charge in [-0.15, -0.1) is 0 Å². The average Bonchev–Trinajstić information content (AvgIpc) is 4.12. The molecule has 1 saturated carbocycles. The fourth-order valence-electron chi connectivity index (χ4n) is 14.6. The number of furan rings is 1. The Hall–Kier alpha value is -6.46. The van der Waals surface area contributed by atoms with E-state index in [1.165, 1.54) is 115 Å². The number of rotatable bonds is 5. The van der Waals surface area contributed by atoms with Crippen molar-refractivity contribution in [2.75, 3.05) is 14.7 Å². The second-order valence-electron chi connectivity index (χ2n) is 28.8. The van der Waals surface area contributed by atoms with Gasteiger partial charge in [0, 0.05) is 45.2 Å². The van der Waals surface area contributed by atoms with Gasteiger partial charge in [0.05, 0.1) is 17.0 Å². The van der Waals surface area contributed by atoms with Crippen LogP contribution in [-0.2, 0) is 37.9 Å². The van der Waals surface area contributed by atoms with E-state index in [0.717, 1.165) is 34.7 Å². The zero-order chi connectivity index (χ0) is 53.4. The molecule has 2 unspecified atom stereocenters. The molecule has 4 nitrogen and oxygen atoms in total. The Morgan fingerprint density at radius 2 is 1.01 bits per heavy atom. The summed E-state index contributed by atoms with van der Waals surface area (Å²) in [5, 5.41) is 1.22. The number of hydrogen-bond acceptors (Lipinski definition) is 4. The molecule has 2 bridgehead atoms. The molecule has 2 aliphatic heterocycles. The van der Waals surface area contributed by atoms with Crippen molar-refractivity contribution >= 4 is 85.5 Å². The quantitative estimate of drug-likeness (QED) is 0.160. The first-order valence-electron chi connectivity index (χ1n) is 28.5. The van der Waals surface area contributed by atoms with Crippen LogP contribution in [0.15, 0.2) is 144 Å². The van der Waals surface area contributed by atoms with Gasteiger partial charge in [0.25, 0.3) is 6.71 Å². The van der Waals surface area contributed by atoms with Gasteiger partial charge in [0.15, 0.2) is 0 Å². The number of nitrogens with zero attached hydrogens (tertiary/aromatic N) is 3. The first-order valence-corrected chi connectivity index (χ1v) is 28.5.